The fourth-order valence-electron chi connectivity index (χ4n) is 2.31. The van der Waals surface area contributed by atoms with Crippen molar-refractivity contribution in [2.45, 2.75) is 26.3 Å². The van der Waals surface area contributed by atoms with Gasteiger partial charge < -0.3 is 9.55 Å². The maximum atomic E-state index is 12.0. The van der Waals surface area contributed by atoms with E-state index in [4.69, 9.17) is 0 Å². The van der Waals surface area contributed by atoms with Crippen LogP contribution in [-0.2, 0) is 13.0 Å². The minimum Gasteiger partial charge on any atom is -0.327 e. The molecule has 102 valence electrons. The lowest BCUT2D eigenvalue weighted by Gasteiger charge is -2.07. The molecule has 5 heteroatoms. The van der Waals surface area contributed by atoms with Gasteiger partial charge in [-0.05, 0) is 18.6 Å². The third kappa shape index (κ3) is 2.34. The third-order valence-electron chi connectivity index (χ3n) is 3.26. The topological polar surface area (TPSA) is 63.6 Å². The molecule has 3 aromatic rings. The van der Waals surface area contributed by atoms with Gasteiger partial charge in [-0.25, -0.2) is 9.97 Å². The summed E-state index contributed by atoms with van der Waals surface area (Å²) in [5.74, 6) is 1.67. The molecule has 0 fully saturated rings. The monoisotopic (exact) mass is 268 g/mol. The Hall–Kier alpha value is -2.43. The van der Waals surface area contributed by atoms with Crippen molar-refractivity contribution in [3.05, 3.63) is 58.7 Å². The summed E-state index contributed by atoms with van der Waals surface area (Å²) in [6.07, 6.45) is 5.66. The number of rotatable bonds is 4. The second-order valence-electron chi connectivity index (χ2n) is 4.75. The molecule has 20 heavy (non-hydrogen) atoms. The average molecular weight is 268 g/mol. The van der Waals surface area contributed by atoms with E-state index in [1.165, 1.54) is 0 Å². The molecule has 2 heterocycles. The van der Waals surface area contributed by atoms with Crippen molar-refractivity contribution >= 4 is 10.9 Å². The van der Waals surface area contributed by atoms with Gasteiger partial charge in [0.05, 0.1) is 17.4 Å². The Morgan fingerprint density at radius 1 is 1.30 bits per heavy atom. The molecular weight excluding hydrogens is 252 g/mol. The van der Waals surface area contributed by atoms with Crippen LogP contribution in [0, 0.1) is 0 Å². The molecule has 0 saturated carbocycles. The molecule has 0 aliphatic heterocycles. The number of para-hydroxylation sites is 1. The van der Waals surface area contributed by atoms with Gasteiger partial charge in [0, 0.05) is 18.8 Å². The van der Waals surface area contributed by atoms with E-state index in [9.17, 15) is 4.79 Å². The highest BCUT2D eigenvalue weighted by molar-refractivity contribution is 5.77. The first-order chi connectivity index (χ1) is 9.78. The van der Waals surface area contributed by atoms with E-state index < -0.39 is 0 Å². The highest BCUT2D eigenvalue weighted by Gasteiger charge is 2.06. The molecule has 0 bridgehead atoms. The minimum atomic E-state index is -0.0947. The summed E-state index contributed by atoms with van der Waals surface area (Å²) < 4.78 is 2.02. The molecule has 0 aliphatic carbocycles. The molecular formula is C15H16N4O. The fourth-order valence-corrected chi connectivity index (χ4v) is 2.31. The van der Waals surface area contributed by atoms with E-state index in [0.717, 1.165) is 24.2 Å². The number of fused-ring (bicyclic) bond motifs is 1. The zero-order valence-electron chi connectivity index (χ0n) is 11.3. The van der Waals surface area contributed by atoms with Crippen molar-refractivity contribution in [1.29, 1.82) is 0 Å². The maximum Gasteiger partial charge on any atom is 0.258 e. The predicted octanol–water partition coefficient (Wildman–Crippen LogP) is 2.12. The number of hydrogen-bond acceptors (Lipinski definition) is 3. The smallest absolute Gasteiger partial charge is 0.258 e. The van der Waals surface area contributed by atoms with Crippen molar-refractivity contribution in [2.75, 3.05) is 0 Å². The third-order valence-corrected chi connectivity index (χ3v) is 3.26. The average Bonchev–Trinajstić information content (AvgIpc) is 2.87. The van der Waals surface area contributed by atoms with Gasteiger partial charge in [-0.15, -0.1) is 0 Å². The molecule has 0 amide bonds. The predicted molar refractivity (Wildman–Crippen MR) is 77.7 cm³/mol. The molecule has 0 aliphatic rings. The van der Waals surface area contributed by atoms with Crippen LogP contribution in [0.5, 0.6) is 0 Å². The Morgan fingerprint density at radius 2 is 2.15 bits per heavy atom. The molecule has 0 unspecified atom stereocenters. The summed E-state index contributed by atoms with van der Waals surface area (Å²) >= 11 is 0. The number of aromatic nitrogens is 4. The first-order valence-corrected chi connectivity index (χ1v) is 6.76. The Kier molecular flexibility index (Phi) is 3.33. The number of benzene rings is 1. The lowest BCUT2D eigenvalue weighted by molar-refractivity contribution is 0.678. The number of nitrogens with one attached hydrogen (secondary N) is 1. The van der Waals surface area contributed by atoms with E-state index in [1.807, 2.05) is 29.0 Å². The van der Waals surface area contributed by atoms with Crippen LogP contribution in [0.2, 0.25) is 0 Å². The van der Waals surface area contributed by atoms with Gasteiger partial charge in [0.1, 0.15) is 11.6 Å². The molecule has 0 spiro atoms. The summed E-state index contributed by atoms with van der Waals surface area (Å²) in [7, 11) is 0. The number of aryl methyl sites for hydroxylation is 1. The van der Waals surface area contributed by atoms with Gasteiger partial charge in [0.25, 0.3) is 5.56 Å². The number of H-pyrrole nitrogens is 1. The van der Waals surface area contributed by atoms with Crippen LogP contribution in [0.3, 0.4) is 0 Å². The molecule has 1 aromatic carbocycles. The van der Waals surface area contributed by atoms with Gasteiger partial charge in [-0.1, -0.05) is 19.1 Å². The van der Waals surface area contributed by atoms with Crippen molar-refractivity contribution in [2.24, 2.45) is 0 Å². The van der Waals surface area contributed by atoms with Crippen LogP contribution in [0.1, 0.15) is 25.0 Å². The van der Waals surface area contributed by atoms with E-state index in [0.29, 0.717) is 17.8 Å². The summed E-state index contributed by atoms with van der Waals surface area (Å²) in [5.41, 5.74) is 0.631. The van der Waals surface area contributed by atoms with Gasteiger partial charge in [0.15, 0.2) is 0 Å². The van der Waals surface area contributed by atoms with Crippen LogP contribution >= 0.6 is 0 Å². The van der Waals surface area contributed by atoms with E-state index >= 15 is 0 Å². The van der Waals surface area contributed by atoms with E-state index in [-0.39, 0.29) is 5.56 Å². The van der Waals surface area contributed by atoms with Crippen LogP contribution in [0.25, 0.3) is 10.9 Å². The Bertz CT molecular complexity index is 788. The molecule has 0 atom stereocenters. The van der Waals surface area contributed by atoms with Gasteiger partial charge in [-0.2, -0.15) is 0 Å². The van der Waals surface area contributed by atoms with Crippen LogP contribution in [0.15, 0.2) is 41.5 Å². The molecule has 1 N–H and O–H groups in total. The number of aromatic amines is 1. The molecule has 0 radical (unpaired) electrons. The molecule has 0 saturated heterocycles. The SMILES string of the molecule is CCCc1nccn1Cc1nc2ccccc2c(=O)[nH]1. The van der Waals surface area contributed by atoms with Crippen LogP contribution < -0.4 is 5.56 Å². The summed E-state index contributed by atoms with van der Waals surface area (Å²) in [6.45, 7) is 2.66. The minimum absolute atomic E-state index is 0.0947. The summed E-state index contributed by atoms with van der Waals surface area (Å²) in [4.78, 5) is 23.7. The second-order valence-corrected chi connectivity index (χ2v) is 4.75. The number of hydrogen-bond donors (Lipinski definition) is 1. The van der Waals surface area contributed by atoms with Gasteiger partial charge >= 0.3 is 0 Å². The van der Waals surface area contributed by atoms with E-state index in [1.54, 1.807) is 12.3 Å². The van der Waals surface area contributed by atoms with Crippen molar-refractivity contribution < 1.29 is 0 Å². The molecule has 5 nitrogen and oxygen atoms in total. The lowest BCUT2D eigenvalue weighted by atomic mass is 10.2. The second kappa shape index (κ2) is 5.28. The molecule has 2 aromatic heterocycles. The summed E-state index contributed by atoms with van der Waals surface area (Å²) in [6, 6.07) is 7.37. The maximum absolute atomic E-state index is 12.0. The zero-order chi connectivity index (χ0) is 13.9. The van der Waals surface area contributed by atoms with Crippen molar-refractivity contribution in [3.8, 4) is 0 Å². The lowest BCUT2D eigenvalue weighted by Crippen LogP contribution is -2.15. The Morgan fingerprint density at radius 3 is 3.00 bits per heavy atom. The van der Waals surface area contributed by atoms with Gasteiger partial charge in [0.2, 0.25) is 0 Å². The molecule has 3 rings (SSSR count). The largest absolute Gasteiger partial charge is 0.327 e. The Balaban J connectivity index is 1.98. The highest BCUT2D eigenvalue weighted by Crippen LogP contribution is 2.08. The van der Waals surface area contributed by atoms with Crippen molar-refractivity contribution in [3.63, 3.8) is 0 Å². The highest BCUT2D eigenvalue weighted by atomic mass is 16.1. The van der Waals surface area contributed by atoms with Crippen molar-refractivity contribution in [1.82, 2.24) is 19.5 Å². The Labute approximate surface area is 116 Å². The first-order valence-electron chi connectivity index (χ1n) is 6.76. The first kappa shape index (κ1) is 12.6. The number of nitrogens with zero attached hydrogens (tertiary/aromatic N) is 3. The zero-order valence-corrected chi connectivity index (χ0v) is 11.3. The fraction of sp³-hybridized carbons (Fsp3) is 0.267. The normalized spacial score (nSPS) is 11.1. The van der Waals surface area contributed by atoms with Crippen LogP contribution in [0.4, 0.5) is 0 Å². The quantitative estimate of drug-likeness (QED) is 0.788. The number of imidazole rings is 1. The van der Waals surface area contributed by atoms with Crippen LogP contribution in [-0.4, -0.2) is 19.5 Å². The van der Waals surface area contributed by atoms with E-state index in [2.05, 4.69) is 21.9 Å². The summed E-state index contributed by atoms with van der Waals surface area (Å²) in [5, 5.41) is 0.621. The van der Waals surface area contributed by atoms with Gasteiger partial charge in [-0.3, -0.25) is 4.79 Å². The standard InChI is InChI=1S/C15H16N4O/c1-2-5-14-16-8-9-19(14)10-13-17-12-7-4-3-6-11(12)15(20)18-13/h3-4,6-9H,2,5,10H2,1H3,(H,17,18,20).